The van der Waals surface area contributed by atoms with Crippen LogP contribution in [0.3, 0.4) is 0 Å². The van der Waals surface area contributed by atoms with E-state index in [1.54, 1.807) is 0 Å². The summed E-state index contributed by atoms with van der Waals surface area (Å²) in [5.74, 6) is -0.915. The van der Waals surface area contributed by atoms with Gasteiger partial charge in [0.2, 0.25) is 0 Å². The zero-order chi connectivity index (χ0) is 29.4. The molecule has 0 aromatic rings. The van der Waals surface area contributed by atoms with E-state index in [4.69, 9.17) is 0 Å². The van der Waals surface area contributed by atoms with Gasteiger partial charge in [0.25, 0.3) is 0 Å². The van der Waals surface area contributed by atoms with Gasteiger partial charge in [-0.25, -0.2) is 0 Å². The van der Waals surface area contributed by atoms with Crippen LogP contribution in [0.4, 0.5) is 0 Å². The molecule has 0 bridgehead atoms. The van der Waals surface area contributed by atoms with Gasteiger partial charge in [-0.3, -0.25) is 4.90 Å². The van der Waals surface area contributed by atoms with Crippen LogP contribution in [-0.2, 0) is 4.79 Å². The maximum absolute atomic E-state index is 11.5. The molecule has 0 aliphatic rings. The van der Waals surface area contributed by atoms with Gasteiger partial charge in [0.1, 0.15) is 0 Å². The molecule has 0 aliphatic heterocycles. The Bertz CT molecular complexity index is 467. The van der Waals surface area contributed by atoms with Crippen LogP contribution < -0.4 is 34.7 Å². The Kier molecular flexibility index (Phi) is 38.9. The summed E-state index contributed by atoms with van der Waals surface area (Å²) in [6, 6.07) is -0.460. The Hall–Kier alpha value is 0.430. The van der Waals surface area contributed by atoms with E-state index >= 15 is 0 Å². The molecule has 0 saturated carbocycles. The second-order valence-electron chi connectivity index (χ2n) is 12.9. The molecule has 0 heterocycles. The first-order chi connectivity index (χ1) is 19.6. The normalized spacial score (nSPS) is 12.1. The second kappa shape index (κ2) is 36.6. The van der Waals surface area contributed by atoms with Crippen molar-refractivity contribution in [2.45, 2.75) is 219 Å². The largest absolute Gasteiger partial charge is 1.00 e. The van der Waals surface area contributed by atoms with Crippen molar-refractivity contribution in [1.82, 2.24) is 4.90 Å². The molecular weight excluding hydrogens is 513 g/mol. The number of aliphatic carboxylic acids is 1. The van der Waals surface area contributed by atoms with E-state index in [9.17, 15) is 9.90 Å². The minimum Gasteiger partial charge on any atom is -0.548 e. The van der Waals surface area contributed by atoms with Crippen molar-refractivity contribution >= 4 is 5.97 Å². The molecular formula is C37H74NNaO2. The predicted molar refractivity (Wildman–Crippen MR) is 176 cm³/mol. The van der Waals surface area contributed by atoms with Gasteiger partial charge in [-0.1, -0.05) is 194 Å². The number of hydrogen-bond donors (Lipinski definition) is 0. The summed E-state index contributed by atoms with van der Waals surface area (Å²) < 4.78 is 0. The SMILES string of the molecule is CCCCCCCCCCCCCCCCCN(CCCCCCCCCCCCCCCCC)C(C)C(=O)[O-].[Na+]. The number of hydrogen-bond acceptors (Lipinski definition) is 3. The Morgan fingerprint density at radius 1 is 0.439 bits per heavy atom. The molecule has 0 saturated heterocycles. The van der Waals surface area contributed by atoms with Gasteiger partial charge < -0.3 is 9.90 Å². The fraction of sp³-hybridized carbons (Fsp3) is 0.973. The van der Waals surface area contributed by atoms with Crippen LogP contribution in [-0.4, -0.2) is 30.0 Å². The molecule has 0 spiro atoms. The summed E-state index contributed by atoms with van der Waals surface area (Å²) >= 11 is 0. The minimum atomic E-state index is -0.915. The van der Waals surface area contributed by atoms with Crippen LogP contribution in [0.15, 0.2) is 0 Å². The molecule has 0 aromatic carbocycles. The maximum Gasteiger partial charge on any atom is 1.00 e. The fourth-order valence-electron chi connectivity index (χ4n) is 6.02. The van der Waals surface area contributed by atoms with Crippen molar-refractivity contribution in [3.8, 4) is 0 Å². The molecule has 240 valence electrons. The molecule has 3 nitrogen and oxygen atoms in total. The van der Waals surface area contributed by atoms with E-state index in [1.807, 2.05) is 6.92 Å². The van der Waals surface area contributed by atoms with Crippen LogP contribution in [0.5, 0.6) is 0 Å². The summed E-state index contributed by atoms with van der Waals surface area (Å²) in [4.78, 5) is 13.7. The molecule has 0 radical (unpaired) electrons. The standard InChI is InChI=1S/C37H75NO2.Na/c1-4-6-8-10-12-14-16-18-20-22-24-26-28-30-32-34-38(36(3)37(39)40)35-33-31-29-27-25-23-21-19-17-15-13-11-9-7-5-2;/h36H,4-35H2,1-3H3,(H,39,40);/q;+1/p-1. The van der Waals surface area contributed by atoms with Crippen LogP contribution in [0.1, 0.15) is 213 Å². The molecule has 0 aromatic heterocycles. The van der Waals surface area contributed by atoms with Crippen LogP contribution >= 0.6 is 0 Å². The monoisotopic (exact) mass is 588 g/mol. The number of carboxylic acids is 1. The van der Waals surface area contributed by atoms with Crippen molar-refractivity contribution in [3.63, 3.8) is 0 Å². The zero-order valence-electron chi connectivity index (χ0n) is 29.0. The van der Waals surface area contributed by atoms with Gasteiger partial charge >= 0.3 is 29.6 Å². The third-order valence-corrected chi connectivity index (χ3v) is 8.99. The van der Waals surface area contributed by atoms with Gasteiger partial charge in [0.15, 0.2) is 0 Å². The Labute approximate surface area is 281 Å². The third kappa shape index (κ3) is 33.2. The molecule has 1 atom stereocenters. The molecule has 1 unspecified atom stereocenters. The van der Waals surface area contributed by atoms with Gasteiger partial charge in [0, 0.05) is 6.04 Å². The van der Waals surface area contributed by atoms with Gasteiger partial charge in [-0.05, 0) is 32.9 Å². The van der Waals surface area contributed by atoms with Crippen LogP contribution in [0, 0.1) is 0 Å². The summed E-state index contributed by atoms with van der Waals surface area (Å²) in [5.41, 5.74) is 0. The number of carboxylic acid groups (broad SMARTS) is 1. The van der Waals surface area contributed by atoms with Crippen molar-refractivity contribution in [1.29, 1.82) is 0 Å². The molecule has 0 N–H and O–H groups in total. The number of rotatable bonds is 34. The number of carbonyl (C=O) groups is 1. The predicted octanol–water partition coefficient (Wildman–Crippen LogP) is 8.17. The smallest absolute Gasteiger partial charge is 0.548 e. The van der Waals surface area contributed by atoms with Gasteiger partial charge in [0.05, 0.1) is 5.97 Å². The molecule has 0 rings (SSSR count). The van der Waals surface area contributed by atoms with E-state index in [-0.39, 0.29) is 29.6 Å². The average molecular weight is 588 g/mol. The summed E-state index contributed by atoms with van der Waals surface area (Å²) in [5, 5.41) is 11.5. The summed E-state index contributed by atoms with van der Waals surface area (Å²) in [7, 11) is 0. The first kappa shape index (κ1) is 43.6. The number of unbranched alkanes of at least 4 members (excludes halogenated alkanes) is 28. The van der Waals surface area contributed by atoms with Crippen molar-refractivity contribution < 1.29 is 39.5 Å². The summed E-state index contributed by atoms with van der Waals surface area (Å²) in [6.07, 6.45) is 41.0. The molecule has 4 heteroatoms. The average Bonchev–Trinajstić information content (AvgIpc) is 2.95. The Balaban J connectivity index is 0. The van der Waals surface area contributed by atoms with E-state index in [0.29, 0.717) is 0 Å². The molecule has 41 heavy (non-hydrogen) atoms. The minimum absolute atomic E-state index is 0. The van der Waals surface area contributed by atoms with Crippen molar-refractivity contribution in [2.75, 3.05) is 13.1 Å². The quantitative estimate of drug-likeness (QED) is 0.0563. The van der Waals surface area contributed by atoms with Crippen molar-refractivity contribution in [2.24, 2.45) is 0 Å². The summed E-state index contributed by atoms with van der Waals surface area (Å²) in [6.45, 7) is 8.20. The van der Waals surface area contributed by atoms with Crippen LogP contribution in [0.2, 0.25) is 0 Å². The second-order valence-corrected chi connectivity index (χ2v) is 12.9. The molecule has 0 aliphatic carbocycles. The Morgan fingerprint density at radius 3 is 0.829 bits per heavy atom. The zero-order valence-corrected chi connectivity index (χ0v) is 31.0. The van der Waals surface area contributed by atoms with Crippen molar-refractivity contribution in [3.05, 3.63) is 0 Å². The number of carbonyl (C=O) groups excluding carboxylic acids is 1. The van der Waals surface area contributed by atoms with Gasteiger partial charge in [-0.15, -0.1) is 0 Å². The van der Waals surface area contributed by atoms with E-state index < -0.39 is 12.0 Å². The first-order valence-electron chi connectivity index (χ1n) is 18.6. The number of nitrogens with zero attached hydrogens (tertiary/aromatic N) is 1. The maximum atomic E-state index is 11.5. The fourth-order valence-corrected chi connectivity index (χ4v) is 6.02. The van der Waals surface area contributed by atoms with E-state index in [0.717, 1.165) is 25.9 Å². The van der Waals surface area contributed by atoms with Crippen LogP contribution in [0.25, 0.3) is 0 Å². The molecule has 0 amide bonds. The Morgan fingerprint density at radius 2 is 0.634 bits per heavy atom. The molecule has 0 fully saturated rings. The first-order valence-corrected chi connectivity index (χ1v) is 18.6. The van der Waals surface area contributed by atoms with E-state index in [1.165, 1.54) is 180 Å². The van der Waals surface area contributed by atoms with E-state index in [2.05, 4.69) is 18.7 Å². The topological polar surface area (TPSA) is 43.4 Å². The van der Waals surface area contributed by atoms with Gasteiger partial charge in [-0.2, -0.15) is 0 Å². The third-order valence-electron chi connectivity index (χ3n) is 8.99.